The van der Waals surface area contributed by atoms with Crippen molar-refractivity contribution in [2.45, 2.75) is 84.5 Å². The number of ether oxygens (including phenoxy) is 2. The van der Waals surface area contributed by atoms with Crippen LogP contribution in [0.1, 0.15) is 58.6 Å². The van der Waals surface area contributed by atoms with Crippen LogP contribution in [0, 0.1) is 11.8 Å². The van der Waals surface area contributed by atoms with Crippen molar-refractivity contribution in [1.82, 2.24) is 26.2 Å². The van der Waals surface area contributed by atoms with E-state index in [2.05, 4.69) is 21.3 Å². The van der Waals surface area contributed by atoms with Gasteiger partial charge in [0.2, 0.25) is 29.5 Å². The SMILES string of the molecule is COc1ccc(CCC(=O)N2CC(=O)N[C@@H](CC(C)C)C(=O)N[C@@H](Cc3ccc(OC)cc3)C(=O)N[C@H](C)C(=O)N[C@@H](C(C)C)C2)cc1. The number of carbonyl (C=O) groups excluding carboxylic acids is 5. The predicted molar refractivity (Wildman–Crippen MR) is 182 cm³/mol. The zero-order valence-electron chi connectivity index (χ0n) is 29.1. The smallest absolute Gasteiger partial charge is 0.243 e. The Hall–Kier alpha value is -4.61. The standard InChI is InChI=1S/C36H51N5O7/c1-22(2)18-29-36(46)39-30(19-26-10-15-28(48-7)16-11-26)35(45)37-24(5)34(44)40-31(23(3)4)20-41(21-32(42)38-29)33(43)17-12-25-8-13-27(47-6)14-9-25/h8-11,13-16,22-24,29-31H,12,17-21H2,1-7H3,(H,37,45)(H,38,42)(H,39,46)(H,40,44)/t24-,29+,30+,31-/m1/s1. The second-order valence-corrected chi connectivity index (χ2v) is 13.1. The van der Waals surface area contributed by atoms with Crippen molar-refractivity contribution in [1.29, 1.82) is 0 Å². The van der Waals surface area contributed by atoms with Crippen molar-refractivity contribution in [3.8, 4) is 11.5 Å². The van der Waals surface area contributed by atoms with E-state index in [1.807, 2.05) is 52.0 Å². The molecule has 4 N–H and O–H groups in total. The van der Waals surface area contributed by atoms with E-state index in [0.29, 0.717) is 24.3 Å². The molecule has 1 fully saturated rings. The summed E-state index contributed by atoms with van der Waals surface area (Å²) in [7, 11) is 3.14. The number of aryl methyl sites for hydroxylation is 1. The lowest BCUT2D eigenvalue weighted by molar-refractivity contribution is -0.138. The maximum absolute atomic E-state index is 13.7. The monoisotopic (exact) mass is 665 g/mol. The number of carbonyl (C=O) groups is 5. The molecule has 3 rings (SSSR count). The Kier molecular flexibility index (Phi) is 14.2. The summed E-state index contributed by atoms with van der Waals surface area (Å²) in [5.74, 6) is -1.01. The summed E-state index contributed by atoms with van der Waals surface area (Å²) in [6.45, 7) is 9.02. The van der Waals surface area contributed by atoms with Crippen molar-refractivity contribution >= 4 is 29.5 Å². The molecule has 0 aliphatic carbocycles. The van der Waals surface area contributed by atoms with Gasteiger partial charge in [0.1, 0.15) is 29.6 Å². The Balaban J connectivity index is 1.91. The first-order valence-corrected chi connectivity index (χ1v) is 16.5. The van der Waals surface area contributed by atoms with Crippen LogP contribution in [-0.4, -0.2) is 85.9 Å². The minimum absolute atomic E-state index is 0.0337. The second-order valence-electron chi connectivity index (χ2n) is 13.1. The van der Waals surface area contributed by atoms with Crippen LogP contribution < -0.4 is 30.7 Å². The lowest BCUT2D eigenvalue weighted by Gasteiger charge is -2.31. The normalized spacial score (nSPS) is 21.4. The van der Waals surface area contributed by atoms with Crippen molar-refractivity contribution in [2.24, 2.45) is 11.8 Å². The van der Waals surface area contributed by atoms with Gasteiger partial charge in [0.25, 0.3) is 0 Å². The average molecular weight is 666 g/mol. The molecule has 0 unspecified atom stereocenters. The molecule has 0 radical (unpaired) electrons. The number of nitrogens with zero attached hydrogens (tertiary/aromatic N) is 1. The quantitative estimate of drug-likeness (QED) is 0.304. The van der Waals surface area contributed by atoms with E-state index >= 15 is 0 Å². The number of benzene rings is 2. The fourth-order valence-electron chi connectivity index (χ4n) is 5.40. The molecule has 1 aliphatic rings. The largest absolute Gasteiger partial charge is 0.497 e. The second kappa shape index (κ2) is 18.1. The summed E-state index contributed by atoms with van der Waals surface area (Å²) < 4.78 is 10.5. The molecule has 48 heavy (non-hydrogen) atoms. The molecule has 2 aromatic rings. The number of hydrogen-bond donors (Lipinski definition) is 4. The Labute approximate surface area is 283 Å². The first kappa shape index (κ1) is 37.8. The van der Waals surface area contributed by atoms with Gasteiger partial charge in [-0.25, -0.2) is 0 Å². The van der Waals surface area contributed by atoms with Crippen LogP contribution in [0.5, 0.6) is 11.5 Å². The molecule has 0 spiro atoms. The molecular weight excluding hydrogens is 614 g/mol. The van der Waals surface area contributed by atoms with E-state index in [9.17, 15) is 24.0 Å². The summed E-state index contributed by atoms with van der Waals surface area (Å²) in [5.41, 5.74) is 1.70. The molecule has 1 saturated heterocycles. The fourth-order valence-corrected chi connectivity index (χ4v) is 5.40. The Bertz CT molecular complexity index is 1390. The molecule has 1 aliphatic heterocycles. The van der Waals surface area contributed by atoms with E-state index in [4.69, 9.17) is 9.47 Å². The van der Waals surface area contributed by atoms with Gasteiger partial charge in [-0.2, -0.15) is 0 Å². The molecule has 12 nitrogen and oxygen atoms in total. The number of rotatable bonds is 10. The summed E-state index contributed by atoms with van der Waals surface area (Å²) in [6, 6.07) is 11.1. The lowest BCUT2D eigenvalue weighted by Crippen LogP contribution is -2.57. The highest BCUT2D eigenvalue weighted by Gasteiger charge is 2.32. The summed E-state index contributed by atoms with van der Waals surface area (Å²) >= 11 is 0. The zero-order chi connectivity index (χ0) is 35.4. The number of nitrogens with one attached hydrogen (secondary N) is 4. The van der Waals surface area contributed by atoms with E-state index in [0.717, 1.165) is 11.1 Å². The maximum Gasteiger partial charge on any atom is 0.243 e. The van der Waals surface area contributed by atoms with Gasteiger partial charge in [-0.05, 0) is 67.0 Å². The van der Waals surface area contributed by atoms with E-state index in [-0.39, 0.29) is 43.7 Å². The van der Waals surface area contributed by atoms with Gasteiger partial charge in [-0.3, -0.25) is 24.0 Å². The van der Waals surface area contributed by atoms with Crippen LogP contribution in [0.2, 0.25) is 0 Å². The first-order valence-electron chi connectivity index (χ1n) is 16.5. The molecule has 12 heteroatoms. The van der Waals surface area contributed by atoms with Crippen LogP contribution >= 0.6 is 0 Å². The van der Waals surface area contributed by atoms with Gasteiger partial charge in [-0.1, -0.05) is 52.0 Å². The topological polar surface area (TPSA) is 155 Å². The molecular formula is C36H51N5O7. The van der Waals surface area contributed by atoms with Gasteiger partial charge in [-0.15, -0.1) is 0 Å². The fraction of sp³-hybridized carbons (Fsp3) is 0.528. The van der Waals surface area contributed by atoms with E-state index in [1.54, 1.807) is 45.4 Å². The highest BCUT2D eigenvalue weighted by atomic mass is 16.5. The maximum atomic E-state index is 13.7. The van der Waals surface area contributed by atoms with Gasteiger partial charge < -0.3 is 35.6 Å². The van der Waals surface area contributed by atoms with Crippen molar-refractivity contribution in [3.63, 3.8) is 0 Å². The molecule has 4 atom stereocenters. The Morgan fingerprint density at radius 1 is 0.771 bits per heavy atom. The average Bonchev–Trinajstić information content (AvgIpc) is 3.05. The molecule has 262 valence electrons. The minimum Gasteiger partial charge on any atom is -0.497 e. The first-order chi connectivity index (χ1) is 22.8. The zero-order valence-corrected chi connectivity index (χ0v) is 29.1. The molecule has 1 heterocycles. The molecule has 5 amide bonds. The molecule has 0 aromatic heterocycles. The Morgan fingerprint density at radius 3 is 1.88 bits per heavy atom. The number of hydrogen-bond acceptors (Lipinski definition) is 7. The predicted octanol–water partition coefficient (Wildman–Crippen LogP) is 2.38. The van der Waals surface area contributed by atoms with Crippen LogP contribution in [-0.2, 0) is 36.8 Å². The minimum atomic E-state index is -1.03. The molecule has 2 aromatic carbocycles. The van der Waals surface area contributed by atoms with Crippen LogP contribution in [0.4, 0.5) is 0 Å². The Morgan fingerprint density at radius 2 is 1.33 bits per heavy atom. The highest BCUT2D eigenvalue weighted by Crippen LogP contribution is 2.16. The van der Waals surface area contributed by atoms with E-state index in [1.165, 1.54) is 4.90 Å². The van der Waals surface area contributed by atoms with Gasteiger partial charge >= 0.3 is 0 Å². The number of amides is 5. The summed E-state index contributed by atoms with van der Waals surface area (Å²) in [6.07, 6.45) is 1.03. The van der Waals surface area contributed by atoms with Crippen molar-refractivity contribution in [3.05, 3.63) is 59.7 Å². The highest BCUT2D eigenvalue weighted by molar-refractivity contribution is 5.95. The van der Waals surface area contributed by atoms with Crippen LogP contribution in [0.3, 0.4) is 0 Å². The summed E-state index contributed by atoms with van der Waals surface area (Å²) in [5, 5.41) is 11.4. The third kappa shape index (κ3) is 11.6. The molecule has 0 saturated carbocycles. The summed E-state index contributed by atoms with van der Waals surface area (Å²) in [4.78, 5) is 69.2. The van der Waals surface area contributed by atoms with Crippen LogP contribution in [0.15, 0.2) is 48.5 Å². The van der Waals surface area contributed by atoms with E-state index < -0.39 is 47.8 Å². The number of methoxy groups -OCH3 is 2. The third-order valence-electron chi connectivity index (χ3n) is 8.37. The van der Waals surface area contributed by atoms with Gasteiger partial charge in [0.05, 0.1) is 20.8 Å². The van der Waals surface area contributed by atoms with Crippen molar-refractivity contribution < 1.29 is 33.4 Å². The lowest BCUT2D eigenvalue weighted by atomic mass is 10.0. The van der Waals surface area contributed by atoms with Crippen LogP contribution in [0.25, 0.3) is 0 Å². The van der Waals surface area contributed by atoms with Crippen molar-refractivity contribution in [2.75, 3.05) is 27.3 Å². The van der Waals surface area contributed by atoms with Gasteiger partial charge in [0.15, 0.2) is 0 Å². The third-order valence-corrected chi connectivity index (χ3v) is 8.37. The van der Waals surface area contributed by atoms with Gasteiger partial charge in [0, 0.05) is 25.4 Å². The molecule has 0 bridgehead atoms.